The minimum Gasteiger partial charge on any atom is -0.483 e. The Morgan fingerprint density at radius 1 is 1.40 bits per heavy atom. The average molecular weight is 292 g/mol. The van der Waals surface area contributed by atoms with E-state index in [-0.39, 0.29) is 24.9 Å². The summed E-state index contributed by atoms with van der Waals surface area (Å²) in [6.07, 6.45) is -2.96. The maximum Gasteiger partial charge on any atom is 0.297 e. The fourth-order valence-electron chi connectivity index (χ4n) is 2.09. The third kappa shape index (κ3) is 3.20. The summed E-state index contributed by atoms with van der Waals surface area (Å²) in [7, 11) is 0. The standard InChI is InChI=1S/C13H16F4N2O/c1-8(2)19-6-11(13(16,17)7-19)20-9-3-4-18-10(5-9)12(14)15/h3-5,8,11-12H,6-7H2,1-2H3/t11-/m0/s1. The fourth-order valence-corrected chi connectivity index (χ4v) is 2.09. The smallest absolute Gasteiger partial charge is 0.297 e. The second kappa shape index (κ2) is 5.55. The molecule has 1 aliphatic heterocycles. The third-order valence-electron chi connectivity index (χ3n) is 3.27. The van der Waals surface area contributed by atoms with Gasteiger partial charge in [0, 0.05) is 24.8 Å². The molecule has 0 spiro atoms. The topological polar surface area (TPSA) is 25.4 Å². The number of nitrogens with zero attached hydrogens (tertiary/aromatic N) is 2. The first-order valence-electron chi connectivity index (χ1n) is 6.32. The van der Waals surface area contributed by atoms with E-state index in [1.807, 2.05) is 13.8 Å². The summed E-state index contributed by atoms with van der Waals surface area (Å²) in [4.78, 5) is 5.06. The van der Waals surface area contributed by atoms with Crippen LogP contribution in [0, 0.1) is 0 Å². The van der Waals surface area contributed by atoms with Crippen LogP contribution in [-0.2, 0) is 0 Å². The van der Waals surface area contributed by atoms with Crippen LogP contribution >= 0.6 is 0 Å². The van der Waals surface area contributed by atoms with E-state index in [0.717, 1.165) is 12.3 Å². The lowest BCUT2D eigenvalue weighted by Gasteiger charge is -2.19. The lowest BCUT2D eigenvalue weighted by molar-refractivity contribution is -0.0625. The molecule has 20 heavy (non-hydrogen) atoms. The van der Waals surface area contributed by atoms with Crippen molar-refractivity contribution in [2.75, 3.05) is 13.1 Å². The second-order valence-corrected chi connectivity index (χ2v) is 5.11. The highest BCUT2D eigenvalue weighted by Gasteiger charge is 2.50. The minimum atomic E-state index is -3.00. The van der Waals surface area contributed by atoms with Crippen molar-refractivity contribution in [3.8, 4) is 5.75 Å². The first-order valence-corrected chi connectivity index (χ1v) is 6.32. The van der Waals surface area contributed by atoms with Crippen molar-refractivity contribution in [1.82, 2.24) is 9.88 Å². The molecule has 0 radical (unpaired) electrons. The van der Waals surface area contributed by atoms with Crippen LogP contribution in [0.4, 0.5) is 17.6 Å². The van der Waals surface area contributed by atoms with Crippen molar-refractivity contribution in [3.05, 3.63) is 24.0 Å². The van der Waals surface area contributed by atoms with Gasteiger partial charge in [-0.05, 0) is 19.9 Å². The molecule has 1 fully saturated rings. The molecule has 1 atom stereocenters. The number of aromatic nitrogens is 1. The highest BCUT2D eigenvalue weighted by molar-refractivity contribution is 5.24. The van der Waals surface area contributed by atoms with E-state index in [1.54, 1.807) is 4.90 Å². The quantitative estimate of drug-likeness (QED) is 0.797. The predicted molar refractivity (Wildman–Crippen MR) is 65.3 cm³/mol. The zero-order valence-electron chi connectivity index (χ0n) is 11.2. The highest BCUT2D eigenvalue weighted by Crippen LogP contribution is 2.32. The van der Waals surface area contributed by atoms with Crippen LogP contribution in [0.3, 0.4) is 0 Å². The molecule has 1 aromatic heterocycles. The van der Waals surface area contributed by atoms with Crippen LogP contribution in [0.15, 0.2) is 18.3 Å². The van der Waals surface area contributed by atoms with Gasteiger partial charge in [-0.3, -0.25) is 9.88 Å². The number of hydrogen-bond donors (Lipinski definition) is 0. The minimum absolute atomic E-state index is 0.00872. The Kier molecular flexibility index (Phi) is 4.17. The Morgan fingerprint density at radius 2 is 2.10 bits per heavy atom. The van der Waals surface area contributed by atoms with Gasteiger partial charge in [-0.2, -0.15) is 0 Å². The molecule has 2 rings (SSSR count). The van der Waals surface area contributed by atoms with Crippen molar-refractivity contribution in [2.45, 2.75) is 38.3 Å². The highest BCUT2D eigenvalue weighted by atomic mass is 19.3. The van der Waals surface area contributed by atoms with Crippen LogP contribution in [0.2, 0.25) is 0 Å². The number of alkyl halides is 4. The number of halogens is 4. The fraction of sp³-hybridized carbons (Fsp3) is 0.615. The molecule has 0 saturated carbocycles. The van der Waals surface area contributed by atoms with Crippen LogP contribution in [-0.4, -0.2) is 41.0 Å². The normalized spacial score (nSPS) is 22.7. The summed E-state index contributed by atoms with van der Waals surface area (Å²) < 4.78 is 57.9. The van der Waals surface area contributed by atoms with Crippen LogP contribution < -0.4 is 4.74 Å². The molecule has 1 aliphatic rings. The van der Waals surface area contributed by atoms with Crippen LogP contribution in [0.25, 0.3) is 0 Å². The Labute approximate surface area is 114 Å². The molecule has 7 heteroatoms. The van der Waals surface area contributed by atoms with E-state index in [0.29, 0.717) is 0 Å². The van der Waals surface area contributed by atoms with Gasteiger partial charge in [-0.15, -0.1) is 0 Å². The van der Waals surface area contributed by atoms with Crippen LogP contribution in [0.1, 0.15) is 26.0 Å². The van der Waals surface area contributed by atoms with E-state index >= 15 is 0 Å². The van der Waals surface area contributed by atoms with Gasteiger partial charge in [-0.25, -0.2) is 17.6 Å². The lowest BCUT2D eigenvalue weighted by Crippen LogP contribution is -2.36. The van der Waals surface area contributed by atoms with Crippen molar-refractivity contribution >= 4 is 0 Å². The third-order valence-corrected chi connectivity index (χ3v) is 3.27. The summed E-state index contributed by atoms with van der Waals surface area (Å²) >= 11 is 0. The first-order chi connectivity index (χ1) is 9.29. The first kappa shape index (κ1) is 15.0. The SMILES string of the molecule is CC(C)N1C[C@H](Oc2ccnc(C(F)F)c2)C(F)(F)C1. The Balaban J connectivity index is 2.11. The second-order valence-electron chi connectivity index (χ2n) is 5.11. The van der Waals surface area contributed by atoms with Crippen LogP contribution in [0.5, 0.6) is 5.75 Å². The monoisotopic (exact) mass is 292 g/mol. The zero-order valence-corrected chi connectivity index (χ0v) is 11.2. The predicted octanol–water partition coefficient (Wildman–Crippen LogP) is 3.13. The summed E-state index contributed by atoms with van der Waals surface area (Å²) in [5.74, 6) is -3.01. The molecule has 1 aromatic rings. The van der Waals surface area contributed by atoms with E-state index in [2.05, 4.69) is 4.98 Å². The van der Waals surface area contributed by atoms with Gasteiger partial charge in [0.25, 0.3) is 12.3 Å². The van der Waals surface area contributed by atoms with Crippen molar-refractivity contribution in [1.29, 1.82) is 0 Å². The number of likely N-dealkylation sites (tertiary alicyclic amines) is 1. The molecule has 0 N–H and O–H groups in total. The summed E-state index contributed by atoms with van der Waals surface area (Å²) in [5.41, 5.74) is -0.482. The molecule has 0 unspecified atom stereocenters. The van der Waals surface area contributed by atoms with E-state index in [1.165, 1.54) is 6.07 Å². The van der Waals surface area contributed by atoms with Gasteiger partial charge in [0.05, 0.1) is 6.54 Å². The van der Waals surface area contributed by atoms with Gasteiger partial charge < -0.3 is 4.74 Å². The van der Waals surface area contributed by atoms with Gasteiger partial charge in [0.15, 0.2) is 6.10 Å². The lowest BCUT2D eigenvalue weighted by atomic mass is 10.2. The number of ether oxygens (including phenoxy) is 1. The molecule has 0 amide bonds. The maximum absolute atomic E-state index is 13.8. The molecule has 1 saturated heterocycles. The zero-order chi connectivity index (χ0) is 14.9. The summed E-state index contributed by atoms with van der Waals surface area (Å²) in [5, 5.41) is 0. The van der Waals surface area contributed by atoms with Crippen molar-refractivity contribution in [3.63, 3.8) is 0 Å². The number of pyridine rings is 1. The largest absolute Gasteiger partial charge is 0.483 e. The molecule has 0 aromatic carbocycles. The Morgan fingerprint density at radius 3 is 2.65 bits per heavy atom. The van der Waals surface area contributed by atoms with E-state index < -0.39 is 24.1 Å². The molecule has 0 aliphatic carbocycles. The number of hydrogen-bond acceptors (Lipinski definition) is 3. The molecule has 0 bridgehead atoms. The molecule has 3 nitrogen and oxygen atoms in total. The van der Waals surface area contributed by atoms with Crippen molar-refractivity contribution < 1.29 is 22.3 Å². The van der Waals surface area contributed by atoms with E-state index in [9.17, 15) is 17.6 Å². The number of rotatable bonds is 4. The maximum atomic E-state index is 13.8. The molecular weight excluding hydrogens is 276 g/mol. The van der Waals surface area contributed by atoms with Gasteiger partial charge >= 0.3 is 0 Å². The molecule has 112 valence electrons. The Hall–Kier alpha value is -1.37. The molecular formula is C13H16F4N2O. The van der Waals surface area contributed by atoms with Crippen molar-refractivity contribution in [2.24, 2.45) is 0 Å². The average Bonchev–Trinajstić information content (AvgIpc) is 2.65. The summed E-state index contributed by atoms with van der Waals surface area (Å²) in [6.45, 7) is 3.32. The Bertz CT molecular complexity index is 467. The molecule has 2 heterocycles. The van der Waals surface area contributed by atoms with Gasteiger partial charge in [0.2, 0.25) is 0 Å². The van der Waals surface area contributed by atoms with Gasteiger partial charge in [0.1, 0.15) is 11.4 Å². The summed E-state index contributed by atoms with van der Waals surface area (Å²) in [6, 6.07) is 2.28. The van der Waals surface area contributed by atoms with E-state index in [4.69, 9.17) is 4.74 Å². The van der Waals surface area contributed by atoms with Gasteiger partial charge in [-0.1, -0.05) is 0 Å².